The Balaban J connectivity index is 2.10. The van der Waals surface area contributed by atoms with E-state index in [4.69, 9.17) is 4.84 Å². The first kappa shape index (κ1) is 14.1. The summed E-state index contributed by atoms with van der Waals surface area (Å²) in [6.07, 6.45) is 8.02. The number of likely N-dealkylation sites (tertiary alicyclic amines) is 1. The first-order valence-corrected chi connectivity index (χ1v) is 7.04. The molecule has 1 unspecified atom stereocenters. The van der Waals surface area contributed by atoms with Crippen molar-refractivity contribution < 1.29 is 9.63 Å². The largest absolute Gasteiger partial charge is 0.352 e. The van der Waals surface area contributed by atoms with Gasteiger partial charge in [-0.1, -0.05) is 20.3 Å². The quantitative estimate of drug-likeness (QED) is 0.813. The van der Waals surface area contributed by atoms with Gasteiger partial charge >= 0.3 is 5.97 Å². The topological polar surface area (TPSA) is 47.4 Å². The molecule has 0 spiro atoms. The number of carbonyl (C=O) groups excluding carboxylic acids is 1. The van der Waals surface area contributed by atoms with Gasteiger partial charge in [-0.05, 0) is 38.8 Å². The van der Waals surface area contributed by atoms with Crippen molar-refractivity contribution in [3.63, 3.8) is 0 Å². The van der Waals surface area contributed by atoms with Crippen molar-refractivity contribution in [1.29, 1.82) is 0 Å². The molecule has 0 amide bonds. The van der Waals surface area contributed by atoms with Gasteiger partial charge in [0.15, 0.2) is 0 Å². The van der Waals surface area contributed by atoms with Crippen molar-refractivity contribution in [3.05, 3.63) is 18.7 Å². The predicted molar refractivity (Wildman–Crippen MR) is 72.5 cm³/mol. The molecule has 1 aromatic rings. The van der Waals surface area contributed by atoms with Crippen LogP contribution >= 0.6 is 0 Å². The van der Waals surface area contributed by atoms with E-state index in [0.717, 1.165) is 32.4 Å². The fourth-order valence-electron chi connectivity index (χ4n) is 2.69. The number of rotatable bonds is 5. The molecule has 0 radical (unpaired) electrons. The Labute approximate surface area is 114 Å². The molecule has 0 bridgehead atoms. The second-order valence-corrected chi connectivity index (χ2v) is 5.48. The number of unbranched alkanes of at least 4 members (excludes halogenated alkanes) is 1. The van der Waals surface area contributed by atoms with Gasteiger partial charge in [-0.3, -0.25) is 4.90 Å². The van der Waals surface area contributed by atoms with Crippen LogP contribution in [-0.4, -0.2) is 39.2 Å². The van der Waals surface area contributed by atoms with Crippen LogP contribution in [0.15, 0.2) is 18.7 Å². The van der Waals surface area contributed by atoms with Gasteiger partial charge < -0.3 is 4.84 Å². The lowest BCUT2D eigenvalue weighted by atomic mass is 9.88. The van der Waals surface area contributed by atoms with E-state index in [9.17, 15) is 4.79 Å². The van der Waals surface area contributed by atoms with E-state index in [1.54, 1.807) is 12.4 Å². The molecule has 0 aromatic carbocycles. The highest BCUT2D eigenvalue weighted by Crippen LogP contribution is 2.35. The van der Waals surface area contributed by atoms with Gasteiger partial charge in [0.2, 0.25) is 0 Å². The van der Waals surface area contributed by atoms with E-state index in [2.05, 4.69) is 23.7 Å². The number of hydrogen-bond acceptors (Lipinski definition) is 4. The molecule has 0 N–H and O–H groups in total. The van der Waals surface area contributed by atoms with Crippen LogP contribution < -0.4 is 4.84 Å². The van der Waals surface area contributed by atoms with Crippen LogP contribution in [-0.2, 0) is 4.79 Å². The van der Waals surface area contributed by atoms with Crippen molar-refractivity contribution in [2.24, 2.45) is 5.92 Å². The van der Waals surface area contributed by atoms with E-state index >= 15 is 0 Å². The van der Waals surface area contributed by atoms with Gasteiger partial charge in [-0.15, -0.1) is 0 Å². The Morgan fingerprint density at radius 3 is 3.00 bits per heavy atom. The van der Waals surface area contributed by atoms with Crippen molar-refractivity contribution in [2.75, 3.05) is 13.1 Å². The van der Waals surface area contributed by atoms with E-state index in [-0.39, 0.29) is 5.97 Å². The molecule has 1 aromatic heterocycles. The molecule has 1 saturated heterocycles. The Morgan fingerprint density at radius 1 is 1.58 bits per heavy atom. The van der Waals surface area contributed by atoms with Crippen LogP contribution in [0.25, 0.3) is 0 Å². The Morgan fingerprint density at radius 2 is 2.37 bits per heavy atom. The molecular weight excluding hydrogens is 242 g/mol. The molecular formula is C14H23N3O2. The molecule has 0 saturated carbocycles. The average Bonchev–Trinajstić information content (AvgIpc) is 2.99. The number of nitrogens with zero attached hydrogens (tertiary/aromatic N) is 3. The number of carbonyl (C=O) groups is 1. The summed E-state index contributed by atoms with van der Waals surface area (Å²) in [5.41, 5.74) is -0.528. The molecule has 2 rings (SSSR count). The number of aromatic nitrogens is 2. The third-order valence-electron chi connectivity index (χ3n) is 4.31. The molecule has 1 aliphatic rings. The molecule has 0 aliphatic carbocycles. The minimum Gasteiger partial charge on any atom is -0.333 e. The van der Waals surface area contributed by atoms with E-state index in [1.807, 2.05) is 6.92 Å². The summed E-state index contributed by atoms with van der Waals surface area (Å²) in [4.78, 5) is 24.1. The highest BCUT2D eigenvalue weighted by molar-refractivity contribution is 5.81. The maximum absolute atomic E-state index is 12.5. The zero-order valence-corrected chi connectivity index (χ0v) is 12.0. The van der Waals surface area contributed by atoms with Crippen LogP contribution in [0, 0.1) is 5.92 Å². The Hall–Kier alpha value is -1.36. The lowest BCUT2D eigenvalue weighted by Gasteiger charge is -2.35. The van der Waals surface area contributed by atoms with Crippen molar-refractivity contribution in [1.82, 2.24) is 14.6 Å². The highest BCUT2D eigenvalue weighted by Gasteiger charge is 2.49. The summed E-state index contributed by atoms with van der Waals surface area (Å²) in [5, 5.41) is 0. The minimum atomic E-state index is -0.528. The van der Waals surface area contributed by atoms with Gasteiger partial charge in [0.25, 0.3) is 0 Å². The summed E-state index contributed by atoms with van der Waals surface area (Å²) in [7, 11) is 0. The summed E-state index contributed by atoms with van der Waals surface area (Å²) >= 11 is 0. The lowest BCUT2D eigenvalue weighted by molar-refractivity contribution is -0.158. The van der Waals surface area contributed by atoms with Gasteiger partial charge in [0.05, 0.1) is 6.20 Å². The minimum absolute atomic E-state index is 0.188. The summed E-state index contributed by atoms with van der Waals surface area (Å²) in [6, 6.07) is 0. The average molecular weight is 265 g/mol. The highest BCUT2D eigenvalue weighted by atomic mass is 16.7. The molecule has 1 fully saturated rings. The second kappa shape index (κ2) is 5.74. The molecule has 5 nitrogen and oxygen atoms in total. The van der Waals surface area contributed by atoms with Crippen LogP contribution in [0.4, 0.5) is 0 Å². The number of hydrogen-bond donors (Lipinski definition) is 0. The first-order valence-electron chi connectivity index (χ1n) is 7.04. The lowest BCUT2D eigenvalue weighted by Crippen LogP contribution is -2.54. The molecule has 2 atom stereocenters. The SMILES string of the molecule is CCCCN1CCC(C)[C@@]1(C)C(=O)On1ccnc1. The van der Waals surface area contributed by atoms with Crippen molar-refractivity contribution in [3.8, 4) is 0 Å². The molecule has 5 heteroatoms. The van der Waals surface area contributed by atoms with E-state index in [0.29, 0.717) is 5.92 Å². The molecule has 1 aliphatic heterocycles. The fourth-order valence-corrected chi connectivity index (χ4v) is 2.69. The van der Waals surface area contributed by atoms with E-state index < -0.39 is 5.54 Å². The first-order chi connectivity index (χ1) is 9.09. The van der Waals surface area contributed by atoms with Crippen LogP contribution in [0.2, 0.25) is 0 Å². The third-order valence-corrected chi connectivity index (χ3v) is 4.31. The maximum Gasteiger partial charge on any atom is 0.352 e. The van der Waals surface area contributed by atoms with Gasteiger partial charge in [0, 0.05) is 6.20 Å². The zero-order chi connectivity index (χ0) is 13.9. The zero-order valence-electron chi connectivity index (χ0n) is 12.0. The molecule has 106 valence electrons. The Bertz CT molecular complexity index is 418. The standard InChI is InChI=1S/C14H23N3O2/c1-4-5-8-16-9-6-12(2)14(16,3)13(18)19-17-10-7-15-11-17/h7,10-12H,4-6,8-9H2,1-3H3/t12?,14-/m0/s1. The van der Waals surface area contributed by atoms with Gasteiger partial charge in [0.1, 0.15) is 11.9 Å². The normalized spacial score (nSPS) is 27.6. The van der Waals surface area contributed by atoms with Crippen LogP contribution in [0.1, 0.15) is 40.0 Å². The van der Waals surface area contributed by atoms with Crippen LogP contribution in [0.3, 0.4) is 0 Å². The van der Waals surface area contributed by atoms with Gasteiger partial charge in [-0.2, -0.15) is 4.73 Å². The van der Waals surface area contributed by atoms with Crippen LogP contribution in [0.5, 0.6) is 0 Å². The van der Waals surface area contributed by atoms with Crippen molar-refractivity contribution >= 4 is 5.97 Å². The molecule has 19 heavy (non-hydrogen) atoms. The number of imidazole rings is 1. The summed E-state index contributed by atoms with van der Waals surface area (Å²) < 4.78 is 1.37. The second-order valence-electron chi connectivity index (χ2n) is 5.48. The fraction of sp³-hybridized carbons (Fsp3) is 0.714. The molecule has 2 heterocycles. The monoisotopic (exact) mass is 265 g/mol. The Kier molecular flexibility index (Phi) is 4.24. The summed E-state index contributed by atoms with van der Waals surface area (Å²) in [6.45, 7) is 8.22. The maximum atomic E-state index is 12.5. The van der Waals surface area contributed by atoms with Crippen molar-refractivity contribution in [2.45, 2.75) is 45.6 Å². The van der Waals surface area contributed by atoms with E-state index in [1.165, 1.54) is 11.1 Å². The summed E-state index contributed by atoms with van der Waals surface area (Å²) in [5.74, 6) is 0.118. The predicted octanol–water partition coefficient (Wildman–Crippen LogP) is 1.74. The smallest absolute Gasteiger partial charge is 0.333 e. The third kappa shape index (κ3) is 2.66. The van der Waals surface area contributed by atoms with Gasteiger partial charge in [-0.25, -0.2) is 9.78 Å².